The van der Waals surface area contributed by atoms with Crippen molar-refractivity contribution in [3.63, 3.8) is 0 Å². The molecule has 29 valence electrons. The summed E-state index contributed by atoms with van der Waals surface area (Å²) in [7, 11) is 0. The molecule has 3 heteroatoms. The zero-order valence-corrected chi connectivity index (χ0v) is 8.13. The summed E-state index contributed by atoms with van der Waals surface area (Å²) in [5.74, 6) is 0. The fourth-order valence-corrected chi connectivity index (χ4v) is 0. The van der Waals surface area contributed by atoms with Crippen LogP contribution in [0.1, 0.15) is 0 Å². The van der Waals surface area contributed by atoms with Gasteiger partial charge in [-0.15, -0.1) is 0 Å². The van der Waals surface area contributed by atoms with E-state index in [4.69, 9.17) is 0 Å². The molecule has 0 aliphatic heterocycles. The van der Waals surface area contributed by atoms with Crippen LogP contribution in [0.2, 0.25) is 0 Å². The van der Waals surface area contributed by atoms with Crippen molar-refractivity contribution in [3.8, 4) is 0 Å². The van der Waals surface area contributed by atoms with Gasteiger partial charge in [0.25, 0.3) is 0 Å². The molecule has 0 N–H and O–H groups in total. The van der Waals surface area contributed by atoms with Gasteiger partial charge in [0.15, 0.2) is 0 Å². The van der Waals surface area contributed by atoms with Gasteiger partial charge in [0.05, 0.1) is 0 Å². The molecule has 0 aromatic rings. The van der Waals surface area contributed by atoms with Gasteiger partial charge in [0.1, 0.15) is 0 Å². The van der Waals surface area contributed by atoms with E-state index in [1.807, 2.05) is 0 Å². The van der Waals surface area contributed by atoms with Crippen LogP contribution in [-0.2, 0) is 58.9 Å². The number of hydrogen-bond acceptors (Lipinski definition) is 0. The largest absolute Gasteiger partial charge is 0.358 e. The molecule has 4 heavy (non-hydrogen) atoms. The summed E-state index contributed by atoms with van der Waals surface area (Å²) in [5, 5.41) is 0. The van der Waals surface area contributed by atoms with Gasteiger partial charge in [-0.25, -0.2) is 0 Å². The Labute approximate surface area is 65.8 Å². The van der Waals surface area contributed by atoms with Crippen LogP contribution in [0.3, 0.4) is 0 Å². The Kier molecular flexibility index (Phi) is 205. The maximum absolute atomic E-state index is 0. The molecule has 0 spiro atoms. The summed E-state index contributed by atoms with van der Waals surface area (Å²) in [5.41, 5.74) is 0. The Morgan fingerprint density at radius 3 is 1.00 bits per heavy atom. The minimum atomic E-state index is 0. The van der Waals surface area contributed by atoms with E-state index < -0.39 is 0 Å². The Hall–Kier alpha value is 1.88. The molecular formula is CH3CoMoW-. The van der Waals surface area contributed by atoms with Crippen molar-refractivity contribution in [1.82, 2.24) is 0 Å². The molecule has 0 fully saturated rings. The number of rotatable bonds is 0. The third kappa shape index (κ3) is 9.10. The molecule has 0 heterocycles. The fraction of sp³-hybridized carbons (Fsp3) is 0. The summed E-state index contributed by atoms with van der Waals surface area (Å²) < 4.78 is 0. The van der Waals surface area contributed by atoms with Crippen molar-refractivity contribution in [2.45, 2.75) is 0 Å². The summed E-state index contributed by atoms with van der Waals surface area (Å²) in [4.78, 5) is 0. The van der Waals surface area contributed by atoms with Gasteiger partial charge in [0.2, 0.25) is 0 Å². The van der Waals surface area contributed by atoms with Crippen molar-refractivity contribution in [2.24, 2.45) is 0 Å². The van der Waals surface area contributed by atoms with Crippen LogP contribution >= 0.6 is 0 Å². The van der Waals surface area contributed by atoms with Crippen LogP contribution in [0.15, 0.2) is 0 Å². The fourth-order valence-electron chi connectivity index (χ4n) is 0. The SMILES string of the molecule is [CH3-].[Co].[Mo].[W]. The van der Waals surface area contributed by atoms with E-state index in [0.29, 0.717) is 0 Å². The average molecular weight is 354 g/mol. The molecule has 0 aromatic heterocycles. The second kappa shape index (κ2) is 20.8. The molecule has 0 aromatic carbocycles. The molecule has 0 atom stereocenters. The topological polar surface area (TPSA) is 0 Å². The van der Waals surface area contributed by atoms with Gasteiger partial charge >= 0.3 is 0 Å². The van der Waals surface area contributed by atoms with Crippen molar-refractivity contribution in [2.75, 3.05) is 0 Å². The maximum Gasteiger partial charge on any atom is 0 e. The first-order valence-electron chi connectivity index (χ1n) is 0. The third-order valence-corrected chi connectivity index (χ3v) is 0. The number of hydrogen-bond donors (Lipinski definition) is 0. The van der Waals surface area contributed by atoms with Crippen LogP contribution in [0, 0.1) is 7.43 Å². The van der Waals surface area contributed by atoms with Crippen LogP contribution < -0.4 is 0 Å². The molecule has 0 saturated carbocycles. The van der Waals surface area contributed by atoms with Crippen LogP contribution in [0.4, 0.5) is 0 Å². The molecule has 0 saturated heterocycles. The Morgan fingerprint density at radius 2 is 1.00 bits per heavy atom. The molecule has 0 aliphatic rings. The minimum Gasteiger partial charge on any atom is -0.358 e. The summed E-state index contributed by atoms with van der Waals surface area (Å²) in [6, 6.07) is 0. The van der Waals surface area contributed by atoms with Crippen molar-refractivity contribution < 1.29 is 58.9 Å². The standard InChI is InChI=1S/CH3.Co.Mo.W/h1H3;;;/q-1;;;. The Balaban J connectivity index is 0. The molecule has 0 amide bonds. The molecule has 0 aliphatic carbocycles. The quantitative estimate of drug-likeness (QED) is 0.438. The molecule has 0 unspecified atom stereocenters. The Bertz CT molecular complexity index is 8.00. The van der Waals surface area contributed by atoms with E-state index in [2.05, 4.69) is 0 Å². The van der Waals surface area contributed by atoms with E-state index in [1.54, 1.807) is 0 Å². The van der Waals surface area contributed by atoms with Crippen molar-refractivity contribution in [1.29, 1.82) is 0 Å². The maximum atomic E-state index is 0. The first-order chi connectivity index (χ1) is 0. The molecule has 0 rings (SSSR count). The molecular weight excluding hydrogens is 351 g/mol. The van der Waals surface area contributed by atoms with Crippen molar-refractivity contribution in [3.05, 3.63) is 7.43 Å². The van der Waals surface area contributed by atoms with Crippen LogP contribution in [0.25, 0.3) is 0 Å². The minimum absolute atomic E-state index is 0. The van der Waals surface area contributed by atoms with E-state index in [1.165, 1.54) is 0 Å². The van der Waals surface area contributed by atoms with E-state index >= 15 is 0 Å². The van der Waals surface area contributed by atoms with E-state index in [0.717, 1.165) is 0 Å². The van der Waals surface area contributed by atoms with Crippen LogP contribution in [0.5, 0.6) is 0 Å². The predicted molar refractivity (Wildman–Crippen MR) is 6.41 cm³/mol. The van der Waals surface area contributed by atoms with Gasteiger partial charge in [-0.05, 0) is 0 Å². The summed E-state index contributed by atoms with van der Waals surface area (Å²) in [6.07, 6.45) is 0. The summed E-state index contributed by atoms with van der Waals surface area (Å²) in [6.45, 7) is 0. The van der Waals surface area contributed by atoms with Gasteiger partial charge in [-0.3, -0.25) is 0 Å². The molecule has 0 bridgehead atoms. The zero-order valence-electron chi connectivity index (χ0n) is 2.15. The van der Waals surface area contributed by atoms with E-state index in [-0.39, 0.29) is 66.3 Å². The molecule has 0 nitrogen and oxygen atoms in total. The van der Waals surface area contributed by atoms with Crippen molar-refractivity contribution >= 4 is 0 Å². The Morgan fingerprint density at radius 1 is 1.00 bits per heavy atom. The normalized spacial score (nSPS) is 0. The second-order valence-electron chi connectivity index (χ2n) is 0. The van der Waals surface area contributed by atoms with Gasteiger partial charge in [0, 0.05) is 58.9 Å². The smallest absolute Gasteiger partial charge is 0 e. The van der Waals surface area contributed by atoms with Crippen LogP contribution in [-0.4, -0.2) is 0 Å². The zero-order chi connectivity index (χ0) is 0. The van der Waals surface area contributed by atoms with E-state index in [9.17, 15) is 0 Å². The van der Waals surface area contributed by atoms with Gasteiger partial charge in [-0.2, -0.15) is 0 Å². The van der Waals surface area contributed by atoms with Gasteiger partial charge in [-0.1, -0.05) is 0 Å². The summed E-state index contributed by atoms with van der Waals surface area (Å²) >= 11 is 0. The van der Waals surface area contributed by atoms with Gasteiger partial charge < -0.3 is 7.43 Å². The third-order valence-electron chi connectivity index (χ3n) is 0. The first-order valence-corrected chi connectivity index (χ1v) is 0. The monoisotopic (exact) mass is 356 g/mol. The second-order valence-corrected chi connectivity index (χ2v) is 0. The average Bonchev–Trinajstić information content (AvgIpc) is 0. The molecule has 1 radical (unpaired) electrons. The first kappa shape index (κ1) is 39.6. The predicted octanol–water partition coefficient (Wildman–Crippen LogP) is 0.443.